The summed E-state index contributed by atoms with van der Waals surface area (Å²) in [4.78, 5) is 37.8. The van der Waals surface area contributed by atoms with E-state index in [-0.39, 0.29) is 12.5 Å². The molecule has 0 aliphatic heterocycles. The minimum Gasteiger partial charge on any atom is -0.422 e. The molecule has 0 saturated carbocycles. The van der Waals surface area contributed by atoms with Gasteiger partial charge in [-0.15, -0.1) is 0 Å². The SMILES string of the molecule is O=C(CNC(=O)c1cccc2ccccc12)N/N=C/c1c(OC(=O)c2ccccc2)ccc2ccccc12. The monoisotopic (exact) mass is 501 g/mol. The molecule has 0 unspecified atom stereocenters. The van der Waals surface area contributed by atoms with Crippen molar-refractivity contribution in [2.75, 3.05) is 6.54 Å². The second-order valence-electron chi connectivity index (χ2n) is 8.46. The predicted molar refractivity (Wildman–Crippen MR) is 147 cm³/mol. The zero-order valence-corrected chi connectivity index (χ0v) is 20.3. The Labute approximate surface area is 218 Å². The van der Waals surface area contributed by atoms with Crippen LogP contribution in [0, 0.1) is 0 Å². The molecule has 0 fully saturated rings. The van der Waals surface area contributed by atoms with Crippen LogP contribution in [0.2, 0.25) is 0 Å². The fourth-order valence-electron chi connectivity index (χ4n) is 4.12. The summed E-state index contributed by atoms with van der Waals surface area (Å²) in [6, 6.07) is 32.8. The maximum Gasteiger partial charge on any atom is 0.343 e. The molecule has 0 aliphatic carbocycles. The highest BCUT2D eigenvalue weighted by Gasteiger charge is 2.14. The molecule has 0 aromatic heterocycles. The third-order valence-electron chi connectivity index (χ3n) is 5.97. The van der Waals surface area contributed by atoms with Gasteiger partial charge in [0.2, 0.25) is 0 Å². The molecule has 38 heavy (non-hydrogen) atoms. The van der Waals surface area contributed by atoms with Gasteiger partial charge >= 0.3 is 5.97 Å². The Morgan fingerprint density at radius 2 is 1.37 bits per heavy atom. The van der Waals surface area contributed by atoms with E-state index in [9.17, 15) is 14.4 Å². The van der Waals surface area contributed by atoms with Crippen molar-refractivity contribution in [2.24, 2.45) is 5.10 Å². The molecular formula is C31H23N3O4. The van der Waals surface area contributed by atoms with E-state index in [0.717, 1.165) is 21.5 Å². The highest BCUT2D eigenvalue weighted by atomic mass is 16.5. The molecule has 0 aliphatic rings. The van der Waals surface area contributed by atoms with Gasteiger partial charge in [-0.3, -0.25) is 9.59 Å². The first kappa shape index (κ1) is 24.4. The Kier molecular flexibility index (Phi) is 7.18. The average molecular weight is 502 g/mol. The fraction of sp³-hybridized carbons (Fsp3) is 0.0323. The van der Waals surface area contributed by atoms with Crippen molar-refractivity contribution in [3.63, 3.8) is 0 Å². The maximum atomic E-state index is 12.7. The summed E-state index contributed by atoms with van der Waals surface area (Å²) in [6.45, 7) is -0.259. The molecule has 2 N–H and O–H groups in total. The lowest BCUT2D eigenvalue weighted by Crippen LogP contribution is -2.35. The molecule has 5 aromatic rings. The van der Waals surface area contributed by atoms with Crippen molar-refractivity contribution >= 4 is 45.5 Å². The first-order valence-electron chi connectivity index (χ1n) is 12.0. The summed E-state index contributed by atoms with van der Waals surface area (Å²) in [6.07, 6.45) is 1.43. The third kappa shape index (κ3) is 5.42. The molecule has 5 aromatic carbocycles. The first-order chi connectivity index (χ1) is 18.6. The zero-order chi connectivity index (χ0) is 26.3. The number of hydrazone groups is 1. The number of amides is 2. The number of ether oxygens (including phenoxy) is 1. The molecule has 2 amide bonds. The number of rotatable bonds is 7. The first-order valence-corrected chi connectivity index (χ1v) is 12.0. The minimum absolute atomic E-state index is 0.259. The molecule has 0 spiro atoms. The van der Waals surface area contributed by atoms with Crippen LogP contribution in [-0.4, -0.2) is 30.5 Å². The van der Waals surface area contributed by atoms with E-state index in [1.54, 1.807) is 42.5 Å². The van der Waals surface area contributed by atoms with Gasteiger partial charge in [-0.1, -0.05) is 84.9 Å². The summed E-state index contributed by atoms with van der Waals surface area (Å²) in [5.74, 6) is -1.06. The van der Waals surface area contributed by atoms with E-state index in [2.05, 4.69) is 15.8 Å². The number of benzene rings is 5. The molecular weight excluding hydrogens is 478 g/mol. The van der Waals surface area contributed by atoms with Crippen LogP contribution >= 0.6 is 0 Å². The molecule has 0 bridgehead atoms. The summed E-state index contributed by atoms with van der Waals surface area (Å²) < 4.78 is 5.66. The quantitative estimate of drug-likeness (QED) is 0.140. The number of hydrogen-bond acceptors (Lipinski definition) is 5. The molecule has 0 atom stereocenters. The molecule has 7 heteroatoms. The lowest BCUT2D eigenvalue weighted by atomic mass is 10.0. The number of carbonyl (C=O) groups is 3. The second kappa shape index (κ2) is 11.2. The highest BCUT2D eigenvalue weighted by molar-refractivity contribution is 6.08. The van der Waals surface area contributed by atoms with Gasteiger partial charge in [0, 0.05) is 11.1 Å². The number of fused-ring (bicyclic) bond motifs is 2. The van der Waals surface area contributed by atoms with Gasteiger partial charge in [0.25, 0.3) is 11.8 Å². The number of nitrogens with one attached hydrogen (secondary N) is 2. The Hall–Kier alpha value is -5.30. The van der Waals surface area contributed by atoms with E-state index < -0.39 is 11.9 Å². The van der Waals surface area contributed by atoms with E-state index in [1.165, 1.54) is 6.21 Å². The van der Waals surface area contributed by atoms with Gasteiger partial charge in [0.05, 0.1) is 18.3 Å². The van der Waals surface area contributed by atoms with Crippen molar-refractivity contribution in [1.82, 2.24) is 10.7 Å². The molecule has 0 radical (unpaired) electrons. The van der Waals surface area contributed by atoms with Crippen molar-refractivity contribution < 1.29 is 19.1 Å². The fourth-order valence-corrected chi connectivity index (χ4v) is 4.12. The molecule has 5 rings (SSSR count). The Morgan fingerprint density at radius 1 is 0.711 bits per heavy atom. The van der Waals surface area contributed by atoms with E-state index in [1.807, 2.05) is 66.7 Å². The lowest BCUT2D eigenvalue weighted by molar-refractivity contribution is -0.120. The second-order valence-corrected chi connectivity index (χ2v) is 8.46. The van der Waals surface area contributed by atoms with E-state index in [0.29, 0.717) is 22.4 Å². The van der Waals surface area contributed by atoms with Gasteiger partial charge in [0.1, 0.15) is 5.75 Å². The number of nitrogens with zero attached hydrogens (tertiary/aromatic N) is 1. The van der Waals surface area contributed by atoms with E-state index in [4.69, 9.17) is 4.74 Å². The van der Waals surface area contributed by atoms with Gasteiger partial charge < -0.3 is 10.1 Å². The van der Waals surface area contributed by atoms with Crippen molar-refractivity contribution in [3.05, 3.63) is 126 Å². The molecule has 0 saturated heterocycles. The normalized spacial score (nSPS) is 10.9. The van der Waals surface area contributed by atoms with Gasteiger partial charge in [-0.05, 0) is 45.8 Å². The number of esters is 1. The summed E-state index contributed by atoms with van der Waals surface area (Å²) in [5, 5.41) is 10.2. The number of hydrogen-bond donors (Lipinski definition) is 2. The van der Waals surface area contributed by atoms with Gasteiger partial charge in [-0.25, -0.2) is 10.2 Å². The van der Waals surface area contributed by atoms with Crippen LogP contribution in [0.15, 0.2) is 114 Å². The summed E-state index contributed by atoms with van der Waals surface area (Å²) in [7, 11) is 0. The Morgan fingerprint density at radius 3 is 2.16 bits per heavy atom. The standard InChI is InChI=1S/C31H23N3O4/c35-29(20-32-30(36)26-16-8-13-21-9-4-6-14-24(21)26)34-33-19-27-25-15-7-5-10-22(25)17-18-28(27)38-31(37)23-11-2-1-3-12-23/h1-19H,20H2,(H,32,36)(H,34,35)/b33-19+. The smallest absolute Gasteiger partial charge is 0.343 e. The van der Waals surface area contributed by atoms with Gasteiger partial charge in [-0.2, -0.15) is 5.10 Å². The van der Waals surface area contributed by atoms with Gasteiger partial charge in [0.15, 0.2) is 0 Å². The summed E-state index contributed by atoms with van der Waals surface area (Å²) in [5.41, 5.74) is 3.86. The third-order valence-corrected chi connectivity index (χ3v) is 5.97. The maximum absolute atomic E-state index is 12.7. The van der Waals surface area contributed by atoms with Crippen LogP contribution in [0.1, 0.15) is 26.3 Å². The predicted octanol–water partition coefficient (Wildman–Crippen LogP) is 5.09. The van der Waals surface area contributed by atoms with Crippen LogP contribution in [0.3, 0.4) is 0 Å². The van der Waals surface area contributed by atoms with Crippen molar-refractivity contribution in [1.29, 1.82) is 0 Å². The van der Waals surface area contributed by atoms with Crippen LogP contribution in [0.5, 0.6) is 5.75 Å². The summed E-state index contributed by atoms with van der Waals surface area (Å²) >= 11 is 0. The van der Waals surface area contributed by atoms with Crippen LogP contribution in [0.4, 0.5) is 0 Å². The Balaban J connectivity index is 1.29. The average Bonchev–Trinajstić information content (AvgIpc) is 2.97. The largest absolute Gasteiger partial charge is 0.422 e. The molecule has 0 heterocycles. The topological polar surface area (TPSA) is 96.9 Å². The van der Waals surface area contributed by atoms with Crippen molar-refractivity contribution in [3.8, 4) is 5.75 Å². The zero-order valence-electron chi connectivity index (χ0n) is 20.3. The van der Waals surface area contributed by atoms with Crippen LogP contribution in [-0.2, 0) is 4.79 Å². The minimum atomic E-state index is -0.504. The number of carbonyl (C=O) groups excluding carboxylic acids is 3. The van der Waals surface area contributed by atoms with E-state index >= 15 is 0 Å². The molecule has 186 valence electrons. The molecule has 7 nitrogen and oxygen atoms in total. The lowest BCUT2D eigenvalue weighted by Gasteiger charge is -2.11. The Bertz CT molecular complexity index is 1670. The van der Waals surface area contributed by atoms with Crippen LogP contribution < -0.4 is 15.5 Å². The van der Waals surface area contributed by atoms with Crippen LogP contribution in [0.25, 0.3) is 21.5 Å². The highest BCUT2D eigenvalue weighted by Crippen LogP contribution is 2.27. The van der Waals surface area contributed by atoms with Crippen molar-refractivity contribution in [2.45, 2.75) is 0 Å².